The molecular weight excluding hydrogens is 288 g/mol. The SMILES string of the molecule is COC(=O)C(c1nn2c(C(C)C)nnc2s1)C1CCCC1. The molecule has 1 atom stereocenters. The molecule has 1 fully saturated rings. The molecule has 2 aromatic heterocycles. The Hall–Kier alpha value is -1.50. The monoisotopic (exact) mass is 308 g/mol. The van der Waals surface area contributed by atoms with Gasteiger partial charge in [0.15, 0.2) is 5.82 Å². The van der Waals surface area contributed by atoms with Crippen molar-refractivity contribution < 1.29 is 9.53 Å². The molecule has 0 spiro atoms. The lowest BCUT2D eigenvalue weighted by molar-refractivity contribution is -0.143. The van der Waals surface area contributed by atoms with E-state index in [1.807, 2.05) is 0 Å². The van der Waals surface area contributed by atoms with Gasteiger partial charge in [-0.15, -0.1) is 10.2 Å². The van der Waals surface area contributed by atoms with Crippen molar-refractivity contribution in [1.29, 1.82) is 0 Å². The van der Waals surface area contributed by atoms with Gasteiger partial charge in [-0.05, 0) is 18.8 Å². The zero-order valence-electron chi connectivity index (χ0n) is 12.6. The molecule has 6 nitrogen and oxygen atoms in total. The van der Waals surface area contributed by atoms with Gasteiger partial charge in [-0.3, -0.25) is 4.79 Å². The van der Waals surface area contributed by atoms with Crippen molar-refractivity contribution in [2.24, 2.45) is 5.92 Å². The van der Waals surface area contributed by atoms with E-state index in [9.17, 15) is 4.79 Å². The quantitative estimate of drug-likeness (QED) is 0.812. The Morgan fingerprint density at radius 3 is 2.67 bits per heavy atom. The highest BCUT2D eigenvalue weighted by Gasteiger charge is 2.36. The molecule has 0 saturated heterocycles. The summed E-state index contributed by atoms with van der Waals surface area (Å²) in [6, 6.07) is 0. The van der Waals surface area contributed by atoms with Crippen molar-refractivity contribution in [1.82, 2.24) is 19.8 Å². The molecule has 0 amide bonds. The number of methoxy groups -OCH3 is 1. The zero-order chi connectivity index (χ0) is 15.0. The van der Waals surface area contributed by atoms with Gasteiger partial charge in [-0.2, -0.15) is 9.61 Å². The fourth-order valence-electron chi connectivity index (χ4n) is 3.05. The second kappa shape index (κ2) is 5.71. The van der Waals surface area contributed by atoms with Crippen LogP contribution in [0.5, 0.6) is 0 Å². The van der Waals surface area contributed by atoms with E-state index in [-0.39, 0.29) is 17.8 Å². The number of fused-ring (bicyclic) bond motifs is 1. The Bertz CT molecular complexity index is 642. The van der Waals surface area contributed by atoms with Crippen LogP contribution in [0, 0.1) is 5.92 Å². The molecule has 0 N–H and O–H groups in total. The molecular formula is C14H20N4O2S. The van der Waals surface area contributed by atoms with Crippen molar-refractivity contribution in [3.05, 3.63) is 10.8 Å². The summed E-state index contributed by atoms with van der Waals surface area (Å²) in [5, 5.41) is 13.8. The van der Waals surface area contributed by atoms with E-state index in [0.29, 0.717) is 5.92 Å². The van der Waals surface area contributed by atoms with E-state index < -0.39 is 0 Å². The van der Waals surface area contributed by atoms with Crippen LogP contribution >= 0.6 is 11.3 Å². The molecule has 0 bridgehead atoms. The smallest absolute Gasteiger partial charge is 0.315 e. The minimum Gasteiger partial charge on any atom is -0.468 e. The van der Waals surface area contributed by atoms with Crippen molar-refractivity contribution in [2.45, 2.75) is 51.4 Å². The normalized spacial score (nSPS) is 17.7. The van der Waals surface area contributed by atoms with Crippen LogP contribution < -0.4 is 0 Å². The molecule has 2 aromatic rings. The van der Waals surface area contributed by atoms with E-state index in [4.69, 9.17) is 4.74 Å². The summed E-state index contributed by atoms with van der Waals surface area (Å²) in [6.07, 6.45) is 4.49. The lowest BCUT2D eigenvalue weighted by Crippen LogP contribution is -2.21. The lowest BCUT2D eigenvalue weighted by Gasteiger charge is -2.18. The summed E-state index contributed by atoms with van der Waals surface area (Å²) in [4.78, 5) is 13.0. The van der Waals surface area contributed by atoms with Gasteiger partial charge in [0.2, 0.25) is 4.96 Å². The van der Waals surface area contributed by atoms with E-state index in [0.717, 1.165) is 28.6 Å². The highest BCUT2D eigenvalue weighted by atomic mass is 32.1. The molecule has 114 valence electrons. The van der Waals surface area contributed by atoms with Crippen molar-refractivity contribution in [3.63, 3.8) is 0 Å². The number of aromatic nitrogens is 4. The molecule has 0 radical (unpaired) electrons. The van der Waals surface area contributed by atoms with E-state index in [1.165, 1.54) is 31.3 Å². The maximum atomic E-state index is 12.2. The largest absolute Gasteiger partial charge is 0.468 e. The maximum absolute atomic E-state index is 12.2. The molecule has 1 aliphatic carbocycles. The summed E-state index contributed by atoms with van der Waals surface area (Å²) in [6.45, 7) is 4.12. The predicted molar refractivity (Wildman–Crippen MR) is 79.5 cm³/mol. The molecule has 2 heterocycles. The predicted octanol–water partition coefficient (Wildman–Crippen LogP) is 2.76. The zero-order valence-corrected chi connectivity index (χ0v) is 13.4. The molecule has 0 aliphatic heterocycles. The lowest BCUT2D eigenvalue weighted by atomic mass is 9.91. The van der Waals surface area contributed by atoms with Crippen molar-refractivity contribution in [2.75, 3.05) is 7.11 Å². The minimum absolute atomic E-state index is 0.182. The first-order valence-electron chi connectivity index (χ1n) is 7.41. The number of hydrogen-bond acceptors (Lipinski definition) is 6. The third kappa shape index (κ3) is 2.54. The van der Waals surface area contributed by atoms with Gasteiger partial charge >= 0.3 is 5.97 Å². The summed E-state index contributed by atoms with van der Waals surface area (Å²) < 4.78 is 6.79. The topological polar surface area (TPSA) is 69.4 Å². The average Bonchev–Trinajstić information content (AvgIpc) is 3.14. The molecule has 1 aliphatic rings. The first-order chi connectivity index (χ1) is 10.1. The maximum Gasteiger partial charge on any atom is 0.315 e. The Morgan fingerprint density at radius 2 is 2.05 bits per heavy atom. The van der Waals surface area contributed by atoms with E-state index >= 15 is 0 Å². The third-order valence-corrected chi connectivity index (χ3v) is 5.12. The Balaban J connectivity index is 2.00. The Labute approximate surface area is 127 Å². The second-order valence-electron chi connectivity index (χ2n) is 5.89. The number of carbonyl (C=O) groups is 1. The van der Waals surface area contributed by atoms with Crippen LogP contribution in [-0.4, -0.2) is 32.9 Å². The number of carbonyl (C=O) groups excluding carboxylic acids is 1. The van der Waals surface area contributed by atoms with Gasteiger partial charge in [0.1, 0.15) is 10.9 Å². The van der Waals surface area contributed by atoms with Gasteiger partial charge in [-0.1, -0.05) is 38.0 Å². The summed E-state index contributed by atoms with van der Waals surface area (Å²) in [5.74, 6) is 0.978. The average molecular weight is 308 g/mol. The van der Waals surface area contributed by atoms with Crippen LogP contribution in [0.15, 0.2) is 0 Å². The van der Waals surface area contributed by atoms with Gasteiger partial charge in [0.25, 0.3) is 0 Å². The Morgan fingerprint density at radius 1 is 1.33 bits per heavy atom. The Kier molecular flexibility index (Phi) is 3.93. The summed E-state index contributed by atoms with van der Waals surface area (Å²) in [7, 11) is 1.45. The number of hydrogen-bond donors (Lipinski definition) is 0. The molecule has 7 heteroatoms. The van der Waals surface area contributed by atoms with Crippen LogP contribution in [0.2, 0.25) is 0 Å². The van der Waals surface area contributed by atoms with Crippen LogP contribution in [0.3, 0.4) is 0 Å². The van der Waals surface area contributed by atoms with Crippen LogP contribution in [0.1, 0.15) is 62.2 Å². The first kappa shape index (κ1) is 14.4. The van der Waals surface area contributed by atoms with Gasteiger partial charge < -0.3 is 4.74 Å². The van der Waals surface area contributed by atoms with Gasteiger partial charge in [0.05, 0.1) is 7.11 Å². The van der Waals surface area contributed by atoms with Gasteiger partial charge in [0, 0.05) is 5.92 Å². The fourth-order valence-corrected chi connectivity index (χ4v) is 4.07. The number of esters is 1. The summed E-state index contributed by atoms with van der Waals surface area (Å²) in [5.41, 5.74) is 0. The number of rotatable bonds is 4. The molecule has 1 saturated carbocycles. The molecule has 0 aromatic carbocycles. The van der Waals surface area contributed by atoms with E-state index in [2.05, 4.69) is 29.1 Å². The second-order valence-corrected chi connectivity index (χ2v) is 6.88. The number of nitrogens with zero attached hydrogens (tertiary/aromatic N) is 4. The number of ether oxygens (including phenoxy) is 1. The highest BCUT2D eigenvalue weighted by molar-refractivity contribution is 7.16. The third-order valence-electron chi connectivity index (χ3n) is 4.14. The van der Waals surface area contributed by atoms with Crippen molar-refractivity contribution >= 4 is 22.3 Å². The highest BCUT2D eigenvalue weighted by Crippen LogP contribution is 2.39. The molecule has 3 rings (SSSR count). The van der Waals surface area contributed by atoms with Crippen LogP contribution in [0.4, 0.5) is 0 Å². The van der Waals surface area contributed by atoms with Gasteiger partial charge in [-0.25, -0.2) is 0 Å². The standard InChI is InChI=1S/C14H20N4O2S/c1-8(2)11-15-16-14-18(11)17-12(21-14)10(13(19)20-3)9-6-4-5-7-9/h8-10H,4-7H2,1-3H3. The van der Waals surface area contributed by atoms with Crippen LogP contribution in [0.25, 0.3) is 4.96 Å². The minimum atomic E-state index is -0.260. The van der Waals surface area contributed by atoms with Crippen LogP contribution in [-0.2, 0) is 9.53 Å². The fraction of sp³-hybridized carbons (Fsp3) is 0.714. The first-order valence-corrected chi connectivity index (χ1v) is 8.23. The molecule has 21 heavy (non-hydrogen) atoms. The summed E-state index contributed by atoms with van der Waals surface area (Å²) >= 11 is 1.45. The molecule has 1 unspecified atom stereocenters. The van der Waals surface area contributed by atoms with E-state index in [1.54, 1.807) is 4.52 Å². The van der Waals surface area contributed by atoms with Crippen molar-refractivity contribution in [3.8, 4) is 0 Å².